The molecule has 0 bridgehead atoms. The van der Waals surface area contributed by atoms with Gasteiger partial charge in [-0.05, 0) is 25.1 Å². The van der Waals surface area contributed by atoms with E-state index in [0.29, 0.717) is 6.61 Å². The van der Waals surface area contributed by atoms with Gasteiger partial charge in [0.25, 0.3) is 0 Å². The zero-order chi connectivity index (χ0) is 12.8. The van der Waals surface area contributed by atoms with Crippen LogP contribution in [0.5, 0.6) is 0 Å². The molecule has 0 fully saturated rings. The third-order valence-corrected chi connectivity index (χ3v) is 1.92. The minimum Gasteiger partial charge on any atom is -0.478 e. The number of nitrogens with one attached hydrogen (secondary N) is 1. The Morgan fingerprint density at radius 2 is 2.18 bits per heavy atom. The molecule has 0 heterocycles. The van der Waals surface area contributed by atoms with E-state index < -0.39 is 17.7 Å². The van der Waals surface area contributed by atoms with Crippen LogP contribution in [0.2, 0.25) is 0 Å². The van der Waals surface area contributed by atoms with E-state index in [1.165, 1.54) is 6.07 Å². The van der Waals surface area contributed by atoms with Gasteiger partial charge in [-0.25, -0.2) is 9.18 Å². The maximum atomic E-state index is 12.8. The van der Waals surface area contributed by atoms with Gasteiger partial charge in [0, 0.05) is 6.61 Å². The summed E-state index contributed by atoms with van der Waals surface area (Å²) in [5.41, 5.74) is -0.251. The summed E-state index contributed by atoms with van der Waals surface area (Å²) in [6, 6.07) is 3.12. The Bertz CT molecular complexity index is 433. The molecule has 2 N–H and O–H groups in total. The van der Waals surface area contributed by atoms with E-state index >= 15 is 0 Å². The fourth-order valence-corrected chi connectivity index (χ4v) is 1.18. The van der Waals surface area contributed by atoms with Crippen molar-refractivity contribution >= 4 is 17.6 Å². The Labute approximate surface area is 97.2 Å². The first kappa shape index (κ1) is 13.1. The van der Waals surface area contributed by atoms with Gasteiger partial charge < -0.3 is 15.2 Å². The van der Waals surface area contributed by atoms with Crippen LogP contribution in [-0.4, -0.2) is 30.2 Å². The first-order chi connectivity index (χ1) is 8.04. The molecular formula is C11H12FNO4. The molecule has 0 aliphatic carbocycles. The lowest BCUT2D eigenvalue weighted by atomic mass is 10.1. The average molecular weight is 241 g/mol. The van der Waals surface area contributed by atoms with Crippen LogP contribution in [-0.2, 0) is 9.53 Å². The normalized spacial score (nSPS) is 10.0. The van der Waals surface area contributed by atoms with E-state index in [4.69, 9.17) is 9.84 Å². The van der Waals surface area contributed by atoms with Gasteiger partial charge in [-0.15, -0.1) is 0 Å². The van der Waals surface area contributed by atoms with Gasteiger partial charge in [-0.1, -0.05) is 0 Å². The molecule has 1 aromatic rings. The Morgan fingerprint density at radius 1 is 1.47 bits per heavy atom. The van der Waals surface area contributed by atoms with Gasteiger partial charge in [-0.2, -0.15) is 0 Å². The van der Waals surface area contributed by atoms with Crippen LogP contribution in [0.3, 0.4) is 0 Å². The number of rotatable bonds is 5. The molecule has 1 amide bonds. The van der Waals surface area contributed by atoms with Crippen molar-refractivity contribution in [1.29, 1.82) is 0 Å². The predicted molar refractivity (Wildman–Crippen MR) is 58.5 cm³/mol. The molecule has 1 aromatic carbocycles. The summed E-state index contributed by atoms with van der Waals surface area (Å²) >= 11 is 0. The topological polar surface area (TPSA) is 75.6 Å². The van der Waals surface area contributed by atoms with Crippen LogP contribution >= 0.6 is 0 Å². The number of amides is 1. The number of hydrogen-bond acceptors (Lipinski definition) is 3. The van der Waals surface area contributed by atoms with E-state index in [1.54, 1.807) is 6.92 Å². The predicted octanol–water partition coefficient (Wildman–Crippen LogP) is 1.50. The number of carbonyl (C=O) groups is 2. The highest BCUT2D eigenvalue weighted by molar-refractivity contribution is 6.00. The van der Waals surface area contributed by atoms with Crippen LogP contribution < -0.4 is 5.32 Å². The van der Waals surface area contributed by atoms with E-state index in [1.807, 2.05) is 0 Å². The number of anilines is 1. The summed E-state index contributed by atoms with van der Waals surface area (Å²) in [5.74, 6) is -2.47. The number of carboxylic acid groups (broad SMARTS) is 1. The number of ether oxygens (including phenoxy) is 1. The molecule has 0 aliphatic rings. The molecule has 0 saturated carbocycles. The largest absolute Gasteiger partial charge is 0.478 e. The number of halogens is 1. The van der Waals surface area contributed by atoms with E-state index in [9.17, 15) is 14.0 Å². The van der Waals surface area contributed by atoms with Crippen LogP contribution in [0.25, 0.3) is 0 Å². The quantitative estimate of drug-likeness (QED) is 0.819. The summed E-state index contributed by atoms with van der Waals surface area (Å²) in [6.07, 6.45) is 0. The second-order valence-electron chi connectivity index (χ2n) is 3.18. The summed E-state index contributed by atoms with van der Waals surface area (Å²) in [6.45, 7) is 1.93. The lowest BCUT2D eigenvalue weighted by Crippen LogP contribution is -2.20. The fourth-order valence-electron chi connectivity index (χ4n) is 1.18. The highest BCUT2D eigenvalue weighted by Gasteiger charge is 2.13. The van der Waals surface area contributed by atoms with Crippen molar-refractivity contribution in [2.45, 2.75) is 6.92 Å². The van der Waals surface area contributed by atoms with Gasteiger partial charge in [0.15, 0.2) is 0 Å². The van der Waals surface area contributed by atoms with Crippen LogP contribution in [0, 0.1) is 5.82 Å². The molecule has 6 heteroatoms. The van der Waals surface area contributed by atoms with Crippen molar-refractivity contribution in [1.82, 2.24) is 0 Å². The van der Waals surface area contributed by atoms with Gasteiger partial charge in [0.2, 0.25) is 5.91 Å². The molecule has 0 unspecified atom stereocenters. The third kappa shape index (κ3) is 3.84. The standard InChI is InChI=1S/C11H12FNO4/c1-2-17-6-10(14)13-9-4-3-7(12)5-8(9)11(15)16/h3-5H,2,6H2,1H3,(H,13,14)(H,15,16). The molecule has 0 aliphatic heterocycles. The van der Waals surface area contributed by atoms with Gasteiger partial charge in [-0.3, -0.25) is 4.79 Å². The smallest absolute Gasteiger partial charge is 0.337 e. The summed E-state index contributed by atoms with van der Waals surface area (Å²) in [4.78, 5) is 22.1. The van der Waals surface area contributed by atoms with E-state index in [-0.39, 0.29) is 17.9 Å². The lowest BCUT2D eigenvalue weighted by Gasteiger charge is -2.08. The molecular weight excluding hydrogens is 229 g/mol. The SMILES string of the molecule is CCOCC(=O)Nc1ccc(F)cc1C(=O)O. The first-order valence-corrected chi connectivity index (χ1v) is 4.95. The summed E-state index contributed by atoms with van der Waals surface area (Å²) in [5, 5.41) is 11.2. The molecule has 0 saturated heterocycles. The van der Waals surface area contributed by atoms with Crippen molar-refractivity contribution in [2.24, 2.45) is 0 Å². The molecule has 92 valence electrons. The van der Waals surface area contributed by atoms with Crippen molar-refractivity contribution in [3.63, 3.8) is 0 Å². The first-order valence-electron chi connectivity index (χ1n) is 4.95. The molecule has 0 spiro atoms. The van der Waals surface area contributed by atoms with Crippen molar-refractivity contribution in [2.75, 3.05) is 18.5 Å². The maximum Gasteiger partial charge on any atom is 0.337 e. The zero-order valence-corrected chi connectivity index (χ0v) is 9.20. The van der Waals surface area contributed by atoms with Crippen LogP contribution in [0.15, 0.2) is 18.2 Å². The molecule has 0 aromatic heterocycles. The van der Waals surface area contributed by atoms with Crippen molar-refractivity contribution in [3.8, 4) is 0 Å². The van der Waals surface area contributed by atoms with Gasteiger partial charge in [0.1, 0.15) is 12.4 Å². The number of hydrogen-bond donors (Lipinski definition) is 2. The number of benzene rings is 1. The molecule has 1 rings (SSSR count). The lowest BCUT2D eigenvalue weighted by molar-refractivity contribution is -0.120. The van der Waals surface area contributed by atoms with E-state index in [0.717, 1.165) is 12.1 Å². The minimum absolute atomic E-state index is 0.0450. The minimum atomic E-state index is -1.31. The highest BCUT2D eigenvalue weighted by Crippen LogP contribution is 2.16. The molecule has 0 radical (unpaired) electrons. The Kier molecular flexibility index (Phi) is 4.59. The number of carboxylic acids is 1. The molecule has 0 atom stereocenters. The Hall–Kier alpha value is -1.95. The van der Waals surface area contributed by atoms with Crippen molar-refractivity contribution < 1.29 is 23.8 Å². The van der Waals surface area contributed by atoms with Crippen LogP contribution in [0.4, 0.5) is 10.1 Å². The Morgan fingerprint density at radius 3 is 2.76 bits per heavy atom. The molecule has 5 nitrogen and oxygen atoms in total. The third-order valence-electron chi connectivity index (χ3n) is 1.92. The second kappa shape index (κ2) is 5.95. The van der Waals surface area contributed by atoms with E-state index in [2.05, 4.69) is 5.32 Å². The highest BCUT2D eigenvalue weighted by atomic mass is 19.1. The van der Waals surface area contributed by atoms with Crippen LogP contribution in [0.1, 0.15) is 17.3 Å². The fraction of sp³-hybridized carbons (Fsp3) is 0.273. The zero-order valence-electron chi connectivity index (χ0n) is 9.20. The van der Waals surface area contributed by atoms with Gasteiger partial charge >= 0.3 is 5.97 Å². The monoisotopic (exact) mass is 241 g/mol. The second-order valence-corrected chi connectivity index (χ2v) is 3.18. The molecule has 17 heavy (non-hydrogen) atoms. The van der Waals surface area contributed by atoms with Crippen molar-refractivity contribution in [3.05, 3.63) is 29.6 Å². The van der Waals surface area contributed by atoms with Gasteiger partial charge in [0.05, 0.1) is 11.3 Å². The number of carbonyl (C=O) groups excluding carboxylic acids is 1. The Balaban J connectivity index is 2.83. The average Bonchev–Trinajstić information content (AvgIpc) is 2.28. The summed E-state index contributed by atoms with van der Waals surface area (Å²) < 4.78 is 17.7. The maximum absolute atomic E-state index is 12.8. The number of aromatic carboxylic acids is 1. The summed E-state index contributed by atoms with van der Waals surface area (Å²) in [7, 11) is 0.